The monoisotopic (exact) mass is 223 g/mol. The standard InChI is InChI=1S/C13H21NO2/c1-9(2)13(16)8-14-10(3)11-4-6-12(15)7-5-11/h4-7,9-10,13-16H,8H2,1-3H3. The maximum Gasteiger partial charge on any atom is 0.115 e. The van der Waals surface area contributed by atoms with Gasteiger partial charge in [-0.2, -0.15) is 0 Å². The van der Waals surface area contributed by atoms with Crippen molar-refractivity contribution in [2.24, 2.45) is 5.92 Å². The molecular weight excluding hydrogens is 202 g/mol. The molecule has 0 aliphatic heterocycles. The lowest BCUT2D eigenvalue weighted by atomic mass is 10.1. The third-order valence-electron chi connectivity index (χ3n) is 2.80. The molecule has 1 rings (SSSR count). The van der Waals surface area contributed by atoms with Crippen LogP contribution in [-0.2, 0) is 0 Å². The summed E-state index contributed by atoms with van der Waals surface area (Å²) in [5.41, 5.74) is 1.11. The number of rotatable bonds is 5. The van der Waals surface area contributed by atoms with Crippen molar-refractivity contribution >= 4 is 0 Å². The molecule has 2 unspecified atom stereocenters. The number of phenolic OH excluding ortho intramolecular Hbond substituents is 1. The van der Waals surface area contributed by atoms with Crippen LogP contribution in [0, 0.1) is 5.92 Å². The third kappa shape index (κ3) is 3.83. The average molecular weight is 223 g/mol. The summed E-state index contributed by atoms with van der Waals surface area (Å²) in [6.07, 6.45) is -0.320. The Bertz CT molecular complexity index is 308. The van der Waals surface area contributed by atoms with Crippen molar-refractivity contribution in [3.05, 3.63) is 29.8 Å². The Morgan fingerprint density at radius 3 is 2.19 bits per heavy atom. The van der Waals surface area contributed by atoms with E-state index in [0.717, 1.165) is 5.56 Å². The molecule has 0 amide bonds. The molecule has 3 nitrogen and oxygen atoms in total. The van der Waals surface area contributed by atoms with Gasteiger partial charge in [-0.1, -0.05) is 26.0 Å². The van der Waals surface area contributed by atoms with Crippen LogP contribution in [-0.4, -0.2) is 22.9 Å². The van der Waals surface area contributed by atoms with Gasteiger partial charge >= 0.3 is 0 Å². The van der Waals surface area contributed by atoms with Gasteiger partial charge in [0, 0.05) is 12.6 Å². The Balaban J connectivity index is 2.46. The highest BCUT2D eigenvalue weighted by Crippen LogP contribution is 2.16. The summed E-state index contributed by atoms with van der Waals surface area (Å²) in [6, 6.07) is 7.29. The fourth-order valence-corrected chi connectivity index (χ4v) is 1.41. The van der Waals surface area contributed by atoms with Crippen LogP contribution in [0.15, 0.2) is 24.3 Å². The summed E-state index contributed by atoms with van der Waals surface area (Å²) in [7, 11) is 0. The number of aliphatic hydroxyl groups excluding tert-OH is 1. The number of hydrogen-bond acceptors (Lipinski definition) is 3. The van der Waals surface area contributed by atoms with Crippen LogP contribution in [0.1, 0.15) is 32.4 Å². The molecule has 0 aromatic heterocycles. The van der Waals surface area contributed by atoms with E-state index in [9.17, 15) is 5.11 Å². The molecule has 0 aliphatic rings. The van der Waals surface area contributed by atoms with E-state index in [1.807, 2.05) is 32.9 Å². The molecule has 0 aliphatic carbocycles. The Kier molecular flexibility index (Phi) is 4.77. The lowest BCUT2D eigenvalue weighted by Crippen LogP contribution is -2.32. The van der Waals surface area contributed by atoms with E-state index < -0.39 is 0 Å². The SMILES string of the molecule is CC(NCC(O)C(C)C)c1ccc(O)cc1. The van der Waals surface area contributed by atoms with Gasteiger partial charge in [0.05, 0.1) is 6.10 Å². The molecule has 0 radical (unpaired) electrons. The predicted molar refractivity (Wildman–Crippen MR) is 65.4 cm³/mol. The Hall–Kier alpha value is -1.06. The van der Waals surface area contributed by atoms with Crippen LogP contribution in [0.4, 0.5) is 0 Å². The van der Waals surface area contributed by atoms with E-state index in [1.54, 1.807) is 12.1 Å². The van der Waals surface area contributed by atoms with Crippen molar-refractivity contribution in [3.63, 3.8) is 0 Å². The van der Waals surface area contributed by atoms with Gasteiger partial charge in [-0.25, -0.2) is 0 Å². The number of aliphatic hydroxyl groups is 1. The van der Waals surface area contributed by atoms with Crippen molar-refractivity contribution in [3.8, 4) is 5.75 Å². The molecule has 0 saturated heterocycles. The summed E-state index contributed by atoms with van der Waals surface area (Å²) in [4.78, 5) is 0. The van der Waals surface area contributed by atoms with Crippen molar-refractivity contribution < 1.29 is 10.2 Å². The molecule has 0 saturated carbocycles. The topological polar surface area (TPSA) is 52.5 Å². The van der Waals surface area contributed by atoms with Gasteiger partial charge < -0.3 is 15.5 Å². The zero-order chi connectivity index (χ0) is 12.1. The highest BCUT2D eigenvalue weighted by Gasteiger charge is 2.11. The normalized spacial score (nSPS) is 15.1. The first-order chi connectivity index (χ1) is 7.50. The molecule has 90 valence electrons. The van der Waals surface area contributed by atoms with Gasteiger partial charge in [0.25, 0.3) is 0 Å². The molecule has 1 aromatic carbocycles. The second kappa shape index (κ2) is 5.87. The first kappa shape index (κ1) is 13.0. The first-order valence-electron chi connectivity index (χ1n) is 5.71. The van der Waals surface area contributed by atoms with Gasteiger partial charge in [-0.15, -0.1) is 0 Å². The van der Waals surface area contributed by atoms with E-state index >= 15 is 0 Å². The average Bonchev–Trinajstić information content (AvgIpc) is 2.26. The number of benzene rings is 1. The maximum atomic E-state index is 9.66. The molecule has 3 heteroatoms. The second-order valence-electron chi connectivity index (χ2n) is 4.53. The second-order valence-corrected chi connectivity index (χ2v) is 4.53. The fourth-order valence-electron chi connectivity index (χ4n) is 1.41. The van der Waals surface area contributed by atoms with Crippen LogP contribution in [0.2, 0.25) is 0 Å². The van der Waals surface area contributed by atoms with E-state index in [1.165, 1.54) is 0 Å². The van der Waals surface area contributed by atoms with Crippen LogP contribution in [0.3, 0.4) is 0 Å². The van der Waals surface area contributed by atoms with E-state index in [-0.39, 0.29) is 23.8 Å². The predicted octanol–water partition coefficient (Wildman–Crippen LogP) is 2.06. The van der Waals surface area contributed by atoms with Crippen molar-refractivity contribution in [1.29, 1.82) is 0 Å². The van der Waals surface area contributed by atoms with Gasteiger partial charge in [0.1, 0.15) is 5.75 Å². The van der Waals surface area contributed by atoms with Crippen molar-refractivity contribution in [2.75, 3.05) is 6.54 Å². The molecule has 0 spiro atoms. The Labute approximate surface area is 97.1 Å². The molecule has 2 atom stereocenters. The summed E-state index contributed by atoms with van der Waals surface area (Å²) < 4.78 is 0. The third-order valence-corrected chi connectivity index (χ3v) is 2.80. The minimum Gasteiger partial charge on any atom is -0.508 e. The van der Waals surface area contributed by atoms with Crippen molar-refractivity contribution in [1.82, 2.24) is 5.32 Å². The molecule has 1 aromatic rings. The molecule has 3 N–H and O–H groups in total. The largest absolute Gasteiger partial charge is 0.508 e. The number of aromatic hydroxyl groups is 1. The lowest BCUT2D eigenvalue weighted by molar-refractivity contribution is 0.120. The molecule has 0 heterocycles. The minimum absolute atomic E-state index is 0.175. The zero-order valence-electron chi connectivity index (χ0n) is 10.1. The molecule has 0 bridgehead atoms. The maximum absolute atomic E-state index is 9.66. The highest BCUT2D eigenvalue weighted by molar-refractivity contribution is 5.27. The van der Waals surface area contributed by atoms with Gasteiger partial charge in [0.15, 0.2) is 0 Å². The summed E-state index contributed by atoms with van der Waals surface area (Å²) in [5, 5.41) is 22.1. The molecular formula is C13H21NO2. The summed E-state index contributed by atoms with van der Waals surface area (Å²) >= 11 is 0. The number of hydrogen-bond donors (Lipinski definition) is 3. The Morgan fingerprint density at radius 1 is 1.12 bits per heavy atom. The van der Waals surface area contributed by atoms with Gasteiger partial charge in [-0.05, 0) is 30.5 Å². The zero-order valence-corrected chi connectivity index (χ0v) is 10.1. The van der Waals surface area contributed by atoms with E-state index in [4.69, 9.17) is 5.11 Å². The van der Waals surface area contributed by atoms with Gasteiger partial charge in [-0.3, -0.25) is 0 Å². The molecule has 0 fully saturated rings. The number of nitrogens with one attached hydrogen (secondary N) is 1. The minimum atomic E-state index is -0.320. The van der Waals surface area contributed by atoms with Gasteiger partial charge in [0.2, 0.25) is 0 Å². The van der Waals surface area contributed by atoms with Crippen LogP contribution < -0.4 is 5.32 Å². The highest BCUT2D eigenvalue weighted by atomic mass is 16.3. The fraction of sp³-hybridized carbons (Fsp3) is 0.538. The van der Waals surface area contributed by atoms with Crippen LogP contribution in [0.5, 0.6) is 5.75 Å². The number of phenols is 1. The summed E-state index contributed by atoms with van der Waals surface area (Å²) in [5.74, 6) is 0.540. The molecule has 16 heavy (non-hydrogen) atoms. The van der Waals surface area contributed by atoms with E-state index in [2.05, 4.69) is 5.32 Å². The van der Waals surface area contributed by atoms with Crippen LogP contribution in [0.25, 0.3) is 0 Å². The Morgan fingerprint density at radius 2 is 1.69 bits per heavy atom. The quantitative estimate of drug-likeness (QED) is 0.716. The summed E-state index contributed by atoms with van der Waals surface area (Å²) in [6.45, 7) is 6.62. The van der Waals surface area contributed by atoms with E-state index in [0.29, 0.717) is 6.54 Å². The van der Waals surface area contributed by atoms with Crippen molar-refractivity contribution in [2.45, 2.75) is 32.9 Å². The smallest absolute Gasteiger partial charge is 0.115 e. The lowest BCUT2D eigenvalue weighted by Gasteiger charge is -2.19. The first-order valence-corrected chi connectivity index (χ1v) is 5.71. The van der Waals surface area contributed by atoms with Crippen LogP contribution >= 0.6 is 0 Å².